The third-order valence-corrected chi connectivity index (χ3v) is 2.93. The summed E-state index contributed by atoms with van der Waals surface area (Å²) in [7, 11) is 0. The highest BCUT2D eigenvalue weighted by atomic mass is 35.5. The van der Waals surface area contributed by atoms with E-state index >= 15 is 0 Å². The molecule has 0 fully saturated rings. The SMILES string of the molecule is Cc1ccc(-c2nc(Cl)nc(OC(C)C)n2)cc1Cl. The molecule has 100 valence electrons. The Balaban J connectivity index is 2.43. The number of rotatable bonds is 3. The van der Waals surface area contributed by atoms with E-state index in [0.29, 0.717) is 10.8 Å². The molecule has 19 heavy (non-hydrogen) atoms. The molecule has 2 aromatic rings. The Bertz CT molecular complexity index is 602. The minimum absolute atomic E-state index is 0.0343. The van der Waals surface area contributed by atoms with Gasteiger partial charge in [0, 0.05) is 10.6 Å². The van der Waals surface area contributed by atoms with E-state index in [-0.39, 0.29) is 17.4 Å². The Morgan fingerprint density at radius 1 is 1.11 bits per heavy atom. The minimum Gasteiger partial charge on any atom is -0.461 e. The van der Waals surface area contributed by atoms with Gasteiger partial charge in [0.15, 0.2) is 5.82 Å². The molecule has 0 radical (unpaired) electrons. The molecule has 0 atom stereocenters. The van der Waals surface area contributed by atoms with Crippen molar-refractivity contribution in [3.8, 4) is 17.4 Å². The highest BCUT2D eigenvalue weighted by Crippen LogP contribution is 2.24. The van der Waals surface area contributed by atoms with Crippen LogP contribution < -0.4 is 4.74 Å². The van der Waals surface area contributed by atoms with E-state index in [1.807, 2.05) is 32.9 Å². The molecule has 2 rings (SSSR count). The molecular formula is C13H13Cl2N3O. The standard InChI is InChI=1S/C13H13Cl2N3O/c1-7(2)19-13-17-11(16-12(15)18-13)9-5-4-8(3)10(14)6-9/h4-7H,1-3H3. The summed E-state index contributed by atoms with van der Waals surface area (Å²) < 4.78 is 5.43. The van der Waals surface area contributed by atoms with Crippen LogP contribution in [0.15, 0.2) is 18.2 Å². The van der Waals surface area contributed by atoms with E-state index in [0.717, 1.165) is 11.1 Å². The fourth-order valence-electron chi connectivity index (χ4n) is 1.46. The first-order chi connectivity index (χ1) is 8.95. The average Bonchev–Trinajstić information content (AvgIpc) is 2.31. The summed E-state index contributed by atoms with van der Waals surface area (Å²) in [4.78, 5) is 12.2. The van der Waals surface area contributed by atoms with Gasteiger partial charge in [-0.2, -0.15) is 15.0 Å². The largest absolute Gasteiger partial charge is 0.461 e. The molecule has 0 unspecified atom stereocenters. The maximum atomic E-state index is 6.09. The smallest absolute Gasteiger partial charge is 0.321 e. The van der Waals surface area contributed by atoms with Crippen molar-refractivity contribution < 1.29 is 4.74 Å². The van der Waals surface area contributed by atoms with Crippen LogP contribution in [0.4, 0.5) is 0 Å². The third kappa shape index (κ3) is 3.55. The number of benzene rings is 1. The Morgan fingerprint density at radius 3 is 2.47 bits per heavy atom. The Kier molecular flexibility index (Phi) is 4.22. The van der Waals surface area contributed by atoms with Crippen LogP contribution in [0.1, 0.15) is 19.4 Å². The molecule has 0 aliphatic heterocycles. The van der Waals surface area contributed by atoms with Crippen molar-refractivity contribution in [3.05, 3.63) is 34.1 Å². The molecular weight excluding hydrogens is 285 g/mol. The zero-order chi connectivity index (χ0) is 14.0. The molecule has 0 bridgehead atoms. The van der Waals surface area contributed by atoms with Crippen LogP contribution in [0, 0.1) is 6.92 Å². The summed E-state index contributed by atoms with van der Waals surface area (Å²) in [6.45, 7) is 5.71. The van der Waals surface area contributed by atoms with Gasteiger partial charge in [-0.05, 0) is 44.0 Å². The molecule has 0 aliphatic carbocycles. The van der Waals surface area contributed by atoms with Gasteiger partial charge < -0.3 is 4.74 Å². The van der Waals surface area contributed by atoms with Crippen molar-refractivity contribution >= 4 is 23.2 Å². The number of halogens is 2. The number of nitrogens with zero attached hydrogens (tertiary/aromatic N) is 3. The van der Waals surface area contributed by atoms with Crippen LogP contribution in [0.5, 0.6) is 6.01 Å². The van der Waals surface area contributed by atoms with E-state index in [1.54, 1.807) is 6.07 Å². The summed E-state index contributed by atoms with van der Waals surface area (Å²) in [6, 6.07) is 5.79. The number of hydrogen-bond acceptors (Lipinski definition) is 4. The summed E-state index contributed by atoms with van der Waals surface area (Å²) >= 11 is 12.0. The molecule has 6 heteroatoms. The van der Waals surface area contributed by atoms with Crippen LogP contribution in [0.25, 0.3) is 11.4 Å². The van der Waals surface area contributed by atoms with Crippen molar-refractivity contribution in [1.82, 2.24) is 15.0 Å². The maximum absolute atomic E-state index is 6.09. The van der Waals surface area contributed by atoms with Crippen LogP contribution in [0.3, 0.4) is 0 Å². The minimum atomic E-state index is -0.0343. The second-order valence-corrected chi connectivity index (χ2v) is 5.09. The number of aromatic nitrogens is 3. The van der Waals surface area contributed by atoms with Crippen LogP contribution in [0.2, 0.25) is 10.3 Å². The van der Waals surface area contributed by atoms with Gasteiger partial charge in [-0.3, -0.25) is 0 Å². The van der Waals surface area contributed by atoms with E-state index in [9.17, 15) is 0 Å². The van der Waals surface area contributed by atoms with Gasteiger partial charge in [-0.15, -0.1) is 0 Å². The van der Waals surface area contributed by atoms with Crippen molar-refractivity contribution in [2.75, 3.05) is 0 Å². The van der Waals surface area contributed by atoms with Gasteiger partial charge in [0.1, 0.15) is 0 Å². The van der Waals surface area contributed by atoms with Gasteiger partial charge in [-0.25, -0.2) is 0 Å². The molecule has 4 nitrogen and oxygen atoms in total. The predicted molar refractivity (Wildman–Crippen MR) is 75.8 cm³/mol. The Labute approximate surface area is 121 Å². The number of aryl methyl sites for hydroxylation is 1. The fraction of sp³-hybridized carbons (Fsp3) is 0.308. The highest BCUT2D eigenvalue weighted by molar-refractivity contribution is 6.31. The topological polar surface area (TPSA) is 47.9 Å². The molecule has 0 saturated heterocycles. The molecule has 0 N–H and O–H groups in total. The van der Waals surface area contributed by atoms with E-state index in [1.165, 1.54) is 0 Å². The lowest BCUT2D eigenvalue weighted by molar-refractivity contribution is 0.222. The first-order valence-corrected chi connectivity index (χ1v) is 6.56. The van der Waals surface area contributed by atoms with Crippen molar-refractivity contribution in [2.45, 2.75) is 26.9 Å². The molecule has 1 aromatic heterocycles. The van der Waals surface area contributed by atoms with Gasteiger partial charge in [-0.1, -0.05) is 23.7 Å². The van der Waals surface area contributed by atoms with E-state index in [2.05, 4.69) is 15.0 Å². The van der Waals surface area contributed by atoms with E-state index in [4.69, 9.17) is 27.9 Å². The predicted octanol–water partition coefficient (Wildman–Crippen LogP) is 3.94. The molecule has 1 heterocycles. The molecule has 0 saturated carbocycles. The van der Waals surface area contributed by atoms with Gasteiger partial charge >= 0.3 is 6.01 Å². The normalized spacial score (nSPS) is 10.8. The first kappa shape index (κ1) is 14.0. The molecule has 0 aliphatic rings. The number of hydrogen-bond donors (Lipinski definition) is 0. The Morgan fingerprint density at radius 2 is 1.84 bits per heavy atom. The third-order valence-electron chi connectivity index (χ3n) is 2.36. The van der Waals surface area contributed by atoms with Gasteiger partial charge in [0.05, 0.1) is 6.10 Å². The number of ether oxygens (including phenoxy) is 1. The summed E-state index contributed by atoms with van der Waals surface area (Å²) in [5, 5.41) is 0.748. The molecule has 1 aromatic carbocycles. The van der Waals surface area contributed by atoms with Crippen LogP contribution >= 0.6 is 23.2 Å². The monoisotopic (exact) mass is 297 g/mol. The maximum Gasteiger partial charge on any atom is 0.321 e. The van der Waals surface area contributed by atoms with E-state index < -0.39 is 0 Å². The second-order valence-electron chi connectivity index (χ2n) is 4.34. The van der Waals surface area contributed by atoms with Crippen LogP contribution in [-0.2, 0) is 0 Å². The fourth-order valence-corrected chi connectivity index (χ4v) is 1.79. The average molecular weight is 298 g/mol. The summed E-state index contributed by atoms with van der Waals surface area (Å²) in [5.74, 6) is 0.442. The molecule has 0 spiro atoms. The van der Waals surface area contributed by atoms with Crippen molar-refractivity contribution in [3.63, 3.8) is 0 Å². The lowest BCUT2D eigenvalue weighted by Gasteiger charge is -2.09. The van der Waals surface area contributed by atoms with Crippen molar-refractivity contribution in [2.24, 2.45) is 0 Å². The van der Waals surface area contributed by atoms with Crippen LogP contribution in [-0.4, -0.2) is 21.1 Å². The first-order valence-electron chi connectivity index (χ1n) is 5.80. The Hall–Kier alpha value is -1.39. The second kappa shape index (κ2) is 5.72. The summed E-state index contributed by atoms with van der Waals surface area (Å²) in [6.07, 6.45) is -0.0343. The van der Waals surface area contributed by atoms with Crippen molar-refractivity contribution in [1.29, 1.82) is 0 Å². The lowest BCUT2D eigenvalue weighted by Crippen LogP contribution is -2.09. The summed E-state index contributed by atoms with van der Waals surface area (Å²) in [5.41, 5.74) is 1.76. The zero-order valence-corrected chi connectivity index (χ0v) is 12.3. The van der Waals surface area contributed by atoms with Gasteiger partial charge in [0.25, 0.3) is 0 Å². The molecule has 0 amide bonds. The lowest BCUT2D eigenvalue weighted by atomic mass is 10.1. The quantitative estimate of drug-likeness (QED) is 0.861. The zero-order valence-electron chi connectivity index (χ0n) is 10.8. The highest BCUT2D eigenvalue weighted by Gasteiger charge is 2.10. The van der Waals surface area contributed by atoms with Gasteiger partial charge in [0.2, 0.25) is 5.28 Å².